The van der Waals surface area contributed by atoms with Crippen LogP contribution in [0.2, 0.25) is 0 Å². The molecule has 1 aliphatic rings. The summed E-state index contributed by atoms with van der Waals surface area (Å²) in [7, 11) is 0. The quantitative estimate of drug-likeness (QED) is 0.663. The normalized spacial score (nSPS) is 16.8. The Morgan fingerprint density at radius 2 is 1.97 bits per heavy atom. The first kappa shape index (κ1) is 19.3. The highest BCUT2D eigenvalue weighted by molar-refractivity contribution is 5.76. The zero-order valence-electron chi connectivity index (χ0n) is 16.2. The lowest BCUT2D eigenvalue weighted by atomic mass is 10.2. The second-order valence-electron chi connectivity index (χ2n) is 7.40. The van der Waals surface area contributed by atoms with Gasteiger partial charge >= 0.3 is 0 Å². The maximum Gasteiger partial charge on any atom is 0.220 e. The van der Waals surface area contributed by atoms with Crippen molar-refractivity contribution in [2.45, 2.75) is 31.8 Å². The molecule has 1 aliphatic heterocycles. The summed E-state index contributed by atoms with van der Waals surface area (Å²) >= 11 is 0. The van der Waals surface area contributed by atoms with E-state index in [1.807, 2.05) is 6.07 Å². The molecule has 3 aromatic rings. The number of hydrogen-bond acceptors (Lipinski definition) is 4. The maximum absolute atomic E-state index is 13.0. The molecule has 1 saturated heterocycles. The average molecular weight is 393 g/mol. The third kappa shape index (κ3) is 5.29. The van der Waals surface area contributed by atoms with Crippen molar-refractivity contribution in [3.05, 3.63) is 78.1 Å². The van der Waals surface area contributed by atoms with Crippen molar-refractivity contribution in [2.24, 2.45) is 0 Å². The molecule has 0 spiro atoms. The maximum atomic E-state index is 13.0. The van der Waals surface area contributed by atoms with E-state index in [1.54, 1.807) is 18.3 Å². The molecule has 29 heavy (non-hydrogen) atoms. The van der Waals surface area contributed by atoms with Crippen LogP contribution in [0.1, 0.15) is 24.3 Å². The second kappa shape index (κ2) is 9.01. The van der Waals surface area contributed by atoms with Gasteiger partial charge in [-0.3, -0.25) is 9.69 Å². The highest BCUT2D eigenvalue weighted by Crippen LogP contribution is 2.21. The molecule has 1 atom stereocenters. The van der Waals surface area contributed by atoms with Crippen molar-refractivity contribution in [3.8, 4) is 11.3 Å². The lowest BCUT2D eigenvalue weighted by molar-refractivity contribution is -0.121. The molecule has 150 valence electrons. The van der Waals surface area contributed by atoms with Crippen LogP contribution in [0, 0.1) is 5.82 Å². The lowest BCUT2D eigenvalue weighted by Crippen LogP contribution is -2.37. The van der Waals surface area contributed by atoms with Gasteiger partial charge in [0.05, 0.1) is 6.20 Å². The number of nitrogens with one attached hydrogen (secondary N) is 1. The number of rotatable bonds is 7. The number of oxazole rings is 1. The summed E-state index contributed by atoms with van der Waals surface area (Å²) in [6.07, 6.45) is 3.34. The molecule has 1 N–H and O–H groups in total. The second-order valence-corrected chi connectivity index (χ2v) is 7.40. The van der Waals surface area contributed by atoms with Gasteiger partial charge in [0.1, 0.15) is 5.82 Å². The Labute approximate surface area is 169 Å². The summed E-state index contributed by atoms with van der Waals surface area (Å²) < 4.78 is 18.7. The van der Waals surface area contributed by atoms with E-state index in [1.165, 1.54) is 17.7 Å². The molecule has 5 nitrogen and oxygen atoms in total. The van der Waals surface area contributed by atoms with Crippen molar-refractivity contribution in [1.82, 2.24) is 15.2 Å². The first-order chi connectivity index (χ1) is 14.2. The summed E-state index contributed by atoms with van der Waals surface area (Å²) in [5.41, 5.74) is 2.05. The van der Waals surface area contributed by atoms with Crippen LogP contribution in [-0.4, -0.2) is 34.9 Å². The Balaban J connectivity index is 1.22. The van der Waals surface area contributed by atoms with Crippen LogP contribution in [-0.2, 0) is 17.8 Å². The smallest absolute Gasteiger partial charge is 0.220 e. The SMILES string of the molecule is O=C(CCc1ncc(-c2ccc(F)cc2)o1)N[C@H]1CCN(Cc2ccccc2)C1. The zero-order chi connectivity index (χ0) is 20.1. The minimum Gasteiger partial charge on any atom is -0.441 e. The monoisotopic (exact) mass is 393 g/mol. The number of hydrogen-bond donors (Lipinski definition) is 1. The fourth-order valence-electron chi connectivity index (χ4n) is 3.63. The molecule has 1 fully saturated rings. The van der Waals surface area contributed by atoms with Gasteiger partial charge in [-0.2, -0.15) is 0 Å². The molecule has 0 saturated carbocycles. The van der Waals surface area contributed by atoms with Crippen LogP contribution in [0.3, 0.4) is 0 Å². The topological polar surface area (TPSA) is 58.4 Å². The number of carbonyl (C=O) groups excluding carboxylic acids is 1. The highest BCUT2D eigenvalue weighted by Gasteiger charge is 2.23. The predicted molar refractivity (Wildman–Crippen MR) is 108 cm³/mol. The van der Waals surface area contributed by atoms with Gasteiger partial charge in [0, 0.05) is 44.1 Å². The van der Waals surface area contributed by atoms with Crippen molar-refractivity contribution >= 4 is 5.91 Å². The largest absolute Gasteiger partial charge is 0.441 e. The summed E-state index contributed by atoms with van der Waals surface area (Å²) in [6, 6.07) is 16.6. The van der Waals surface area contributed by atoms with Gasteiger partial charge in [0.2, 0.25) is 5.91 Å². The van der Waals surface area contributed by atoms with Gasteiger partial charge in [-0.1, -0.05) is 30.3 Å². The molecule has 0 bridgehead atoms. The average Bonchev–Trinajstić information content (AvgIpc) is 3.37. The van der Waals surface area contributed by atoms with E-state index in [4.69, 9.17) is 4.42 Å². The number of nitrogens with zero attached hydrogens (tertiary/aromatic N) is 2. The third-order valence-electron chi connectivity index (χ3n) is 5.13. The van der Waals surface area contributed by atoms with E-state index >= 15 is 0 Å². The van der Waals surface area contributed by atoms with Crippen LogP contribution < -0.4 is 5.32 Å². The molecule has 0 unspecified atom stereocenters. The van der Waals surface area contributed by atoms with Gasteiger partial charge in [-0.05, 0) is 36.2 Å². The number of likely N-dealkylation sites (tertiary alicyclic amines) is 1. The minimum absolute atomic E-state index is 0.0121. The van der Waals surface area contributed by atoms with Gasteiger partial charge in [0.25, 0.3) is 0 Å². The molecule has 4 rings (SSSR count). The van der Waals surface area contributed by atoms with Gasteiger partial charge in [-0.25, -0.2) is 9.37 Å². The molecule has 2 aromatic carbocycles. The molecule has 0 aliphatic carbocycles. The molecule has 1 aromatic heterocycles. The van der Waals surface area contributed by atoms with E-state index in [0.717, 1.165) is 31.6 Å². The van der Waals surface area contributed by atoms with Crippen molar-refractivity contribution in [2.75, 3.05) is 13.1 Å². The summed E-state index contributed by atoms with van der Waals surface area (Å²) in [5.74, 6) is 0.807. The molecular formula is C23H24FN3O2. The number of amides is 1. The predicted octanol–water partition coefficient (Wildman–Crippen LogP) is 3.80. The lowest BCUT2D eigenvalue weighted by Gasteiger charge is -2.16. The fourth-order valence-corrected chi connectivity index (χ4v) is 3.63. The van der Waals surface area contributed by atoms with Gasteiger partial charge < -0.3 is 9.73 Å². The molecule has 6 heteroatoms. The van der Waals surface area contributed by atoms with Crippen molar-refractivity contribution in [1.29, 1.82) is 0 Å². The van der Waals surface area contributed by atoms with Crippen molar-refractivity contribution < 1.29 is 13.6 Å². The number of halogens is 1. The van der Waals surface area contributed by atoms with Crippen LogP contribution in [0.25, 0.3) is 11.3 Å². The number of aromatic nitrogens is 1. The Kier molecular flexibility index (Phi) is 6.00. The van der Waals surface area contributed by atoms with E-state index in [-0.39, 0.29) is 17.8 Å². The Morgan fingerprint density at radius 3 is 2.76 bits per heavy atom. The first-order valence-corrected chi connectivity index (χ1v) is 9.92. The van der Waals surface area contributed by atoms with Crippen LogP contribution in [0.4, 0.5) is 4.39 Å². The van der Waals surface area contributed by atoms with E-state index in [0.29, 0.717) is 24.5 Å². The standard InChI is InChI=1S/C23H24FN3O2/c24-19-8-6-18(7-9-19)21-14-25-23(29-21)11-10-22(28)26-20-12-13-27(16-20)15-17-4-2-1-3-5-17/h1-9,14,20H,10-13,15-16H2,(H,26,28)/t20-/m0/s1. The van der Waals surface area contributed by atoms with E-state index in [2.05, 4.69) is 39.5 Å². The minimum atomic E-state index is -0.292. The molecule has 2 heterocycles. The van der Waals surface area contributed by atoms with Crippen LogP contribution in [0.5, 0.6) is 0 Å². The molecular weight excluding hydrogens is 369 g/mol. The Morgan fingerprint density at radius 1 is 1.17 bits per heavy atom. The van der Waals surface area contributed by atoms with E-state index < -0.39 is 0 Å². The number of benzene rings is 2. The summed E-state index contributed by atoms with van der Waals surface area (Å²) in [5, 5.41) is 3.12. The third-order valence-corrected chi connectivity index (χ3v) is 5.13. The van der Waals surface area contributed by atoms with Crippen LogP contribution in [0.15, 0.2) is 65.2 Å². The Bertz CT molecular complexity index is 940. The summed E-state index contributed by atoms with van der Waals surface area (Å²) in [6.45, 7) is 2.77. The first-order valence-electron chi connectivity index (χ1n) is 9.92. The van der Waals surface area contributed by atoms with Gasteiger partial charge in [-0.15, -0.1) is 0 Å². The highest BCUT2D eigenvalue weighted by atomic mass is 19.1. The van der Waals surface area contributed by atoms with Crippen molar-refractivity contribution in [3.63, 3.8) is 0 Å². The Hall–Kier alpha value is -2.99. The molecule has 0 radical (unpaired) electrons. The fraction of sp³-hybridized carbons (Fsp3) is 0.304. The zero-order valence-corrected chi connectivity index (χ0v) is 16.2. The number of aryl methyl sites for hydroxylation is 1. The van der Waals surface area contributed by atoms with Crippen LogP contribution >= 0.6 is 0 Å². The van der Waals surface area contributed by atoms with E-state index in [9.17, 15) is 9.18 Å². The molecule has 1 amide bonds. The van der Waals surface area contributed by atoms with Gasteiger partial charge in [0.15, 0.2) is 11.7 Å². The summed E-state index contributed by atoms with van der Waals surface area (Å²) in [4.78, 5) is 18.9. The number of carbonyl (C=O) groups is 1.